The Hall–Kier alpha value is -2.24. The molecule has 6 nitrogen and oxygen atoms in total. The summed E-state index contributed by atoms with van der Waals surface area (Å²) >= 11 is 0. The van der Waals surface area contributed by atoms with Gasteiger partial charge in [-0.05, 0) is 6.07 Å². The fourth-order valence-electron chi connectivity index (χ4n) is 1.38. The maximum Gasteiger partial charge on any atom is 0.419 e. The van der Waals surface area contributed by atoms with Crippen LogP contribution in [0, 0.1) is 0 Å². The Morgan fingerprint density at radius 3 is 2.80 bits per heavy atom. The molecule has 2 rings (SSSR count). The van der Waals surface area contributed by atoms with Gasteiger partial charge in [-0.2, -0.15) is 0 Å². The molecule has 6 heteroatoms. The molecule has 0 spiro atoms. The van der Waals surface area contributed by atoms with Gasteiger partial charge in [0.2, 0.25) is 0 Å². The molecule has 0 amide bonds. The van der Waals surface area contributed by atoms with Crippen molar-refractivity contribution in [2.24, 2.45) is 0 Å². The Kier molecular flexibility index (Phi) is 1.96. The Labute approximate surface area is 83.3 Å². The fourth-order valence-corrected chi connectivity index (χ4v) is 1.38. The number of aromatic nitrogens is 1. The van der Waals surface area contributed by atoms with Crippen molar-refractivity contribution in [3.8, 4) is 5.75 Å². The molecule has 0 saturated heterocycles. The third-order valence-corrected chi connectivity index (χ3v) is 1.97. The van der Waals surface area contributed by atoms with Gasteiger partial charge in [-0.3, -0.25) is 4.98 Å². The van der Waals surface area contributed by atoms with Crippen LogP contribution in [-0.4, -0.2) is 12.1 Å². The quantitative estimate of drug-likeness (QED) is 0.646. The van der Waals surface area contributed by atoms with Gasteiger partial charge in [0.05, 0.1) is 12.6 Å². The van der Waals surface area contributed by atoms with Crippen LogP contribution in [0.4, 0.5) is 5.69 Å². The van der Waals surface area contributed by atoms with Gasteiger partial charge in [-0.15, -0.1) is 0 Å². The van der Waals surface area contributed by atoms with Crippen molar-refractivity contribution >= 4 is 16.6 Å². The van der Waals surface area contributed by atoms with E-state index in [1.54, 1.807) is 0 Å². The summed E-state index contributed by atoms with van der Waals surface area (Å²) in [5.74, 6) is -0.546. The number of ether oxygens (including phenoxy) is 1. The van der Waals surface area contributed by atoms with Crippen LogP contribution < -0.4 is 21.9 Å². The standard InChI is InChI=1S/C9H8N2O4/c1-14-6-3-4(10)2-5-7(6)8(12)15-9(13)11-5/h2-3H,10H2,1H3,(H,11,13). The van der Waals surface area contributed by atoms with E-state index in [-0.39, 0.29) is 11.1 Å². The number of aromatic amines is 1. The molecular formula is C9H8N2O4. The molecule has 0 atom stereocenters. The molecule has 0 aliphatic rings. The Morgan fingerprint density at radius 2 is 2.13 bits per heavy atom. The van der Waals surface area contributed by atoms with Gasteiger partial charge in [0, 0.05) is 11.8 Å². The molecule has 1 aromatic heterocycles. The van der Waals surface area contributed by atoms with E-state index >= 15 is 0 Å². The van der Waals surface area contributed by atoms with Crippen molar-refractivity contribution in [1.29, 1.82) is 0 Å². The highest BCUT2D eigenvalue weighted by molar-refractivity contribution is 5.86. The molecule has 78 valence electrons. The second-order valence-corrected chi connectivity index (χ2v) is 2.95. The van der Waals surface area contributed by atoms with E-state index in [4.69, 9.17) is 10.5 Å². The van der Waals surface area contributed by atoms with Gasteiger partial charge in [-0.1, -0.05) is 0 Å². The van der Waals surface area contributed by atoms with Crippen LogP contribution in [0.15, 0.2) is 26.1 Å². The lowest BCUT2D eigenvalue weighted by Crippen LogP contribution is -2.15. The highest BCUT2D eigenvalue weighted by atomic mass is 16.5. The summed E-state index contributed by atoms with van der Waals surface area (Å²) < 4.78 is 9.35. The van der Waals surface area contributed by atoms with E-state index in [0.717, 1.165) is 0 Å². The zero-order valence-corrected chi connectivity index (χ0v) is 7.87. The zero-order valence-electron chi connectivity index (χ0n) is 7.87. The normalized spacial score (nSPS) is 10.5. The number of nitrogen functional groups attached to an aromatic ring is 1. The van der Waals surface area contributed by atoms with Crippen molar-refractivity contribution < 1.29 is 9.15 Å². The predicted molar refractivity (Wildman–Crippen MR) is 54.1 cm³/mol. The van der Waals surface area contributed by atoms with E-state index in [2.05, 4.69) is 9.40 Å². The second kappa shape index (κ2) is 3.16. The molecule has 0 radical (unpaired) electrons. The van der Waals surface area contributed by atoms with Crippen LogP contribution in [0.3, 0.4) is 0 Å². The maximum absolute atomic E-state index is 11.4. The topological polar surface area (TPSA) is 98.3 Å². The summed E-state index contributed by atoms with van der Waals surface area (Å²) in [6.07, 6.45) is 0. The average molecular weight is 208 g/mol. The van der Waals surface area contributed by atoms with E-state index in [1.807, 2.05) is 0 Å². The fraction of sp³-hybridized carbons (Fsp3) is 0.111. The summed E-state index contributed by atoms with van der Waals surface area (Å²) in [5.41, 5.74) is 5.51. The lowest BCUT2D eigenvalue weighted by Gasteiger charge is -2.04. The molecule has 3 N–H and O–H groups in total. The van der Waals surface area contributed by atoms with Crippen molar-refractivity contribution in [3.05, 3.63) is 33.1 Å². The van der Waals surface area contributed by atoms with Gasteiger partial charge < -0.3 is 14.9 Å². The molecule has 0 bridgehead atoms. The van der Waals surface area contributed by atoms with Gasteiger partial charge in [0.15, 0.2) is 0 Å². The summed E-state index contributed by atoms with van der Waals surface area (Å²) in [6, 6.07) is 2.95. The van der Waals surface area contributed by atoms with Crippen molar-refractivity contribution in [1.82, 2.24) is 4.98 Å². The smallest absolute Gasteiger partial charge is 0.419 e. The number of hydrogen-bond acceptors (Lipinski definition) is 5. The van der Waals surface area contributed by atoms with Gasteiger partial charge in [0.25, 0.3) is 0 Å². The molecule has 15 heavy (non-hydrogen) atoms. The molecular weight excluding hydrogens is 200 g/mol. The Morgan fingerprint density at radius 1 is 1.40 bits per heavy atom. The SMILES string of the molecule is COc1cc(N)cc2[nH]c(=O)oc(=O)c12. The summed E-state index contributed by atoms with van der Waals surface area (Å²) in [6.45, 7) is 0. The van der Waals surface area contributed by atoms with Crippen molar-refractivity contribution in [2.45, 2.75) is 0 Å². The van der Waals surface area contributed by atoms with Crippen LogP contribution in [-0.2, 0) is 0 Å². The third kappa shape index (κ3) is 1.45. The lowest BCUT2D eigenvalue weighted by atomic mass is 10.2. The van der Waals surface area contributed by atoms with Crippen LogP contribution in [0.5, 0.6) is 5.75 Å². The number of nitrogens with two attached hydrogens (primary N) is 1. The Bertz CT molecular complexity index is 626. The van der Waals surface area contributed by atoms with Crippen LogP contribution in [0.25, 0.3) is 10.9 Å². The minimum Gasteiger partial charge on any atom is -0.496 e. The first-order valence-corrected chi connectivity index (χ1v) is 4.12. The minimum atomic E-state index is -0.819. The van der Waals surface area contributed by atoms with E-state index in [1.165, 1.54) is 19.2 Å². The first-order valence-electron chi connectivity index (χ1n) is 4.12. The zero-order chi connectivity index (χ0) is 11.0. The number of anilines is 1. The number of hydrogen-bond donors (Lipinski definition) is 2. The number of fused-ring (bicyclic) bond motifs is 1. The largest absolute Gasteiger partial charge is 0.496 e. The number of H-pyrrole nitrogens is 1. The van der Waals surface area contributed by atoms with Gasteiger partial charge in [-0.25, -0.2) is 9.59 Å². The highest BCUT2D eigenvalue weighted by Gasteiger charge is 2.09. The van der Waals surface area contributed by atoms with E-state index in [9.17, 15) is 9.59 Å². The van der Waals surface area contributed by atoms with Gasteiger partial charge in [0.1, 0.15) is 11.1 Å². The van der Waals surface area contributed by atoms with Gasteiger partial charge >= 0.3 is 11.4 Å². The monoisotopic (exact) mass is 208 g/mol. The molecule has 1 aromatic carbocycles. The van der Waals surface area contributed by atoms with Crippen LogP contribution >= 0.6 is 0 Å². The molecule has 0 saturated carbocycles. The van der Waals surface area contributed by atoms with Crippen molar-refractivity contribution in [3.63, 3.8) is 0 Å². The van der Waals surface area contributed by atoms with Crippen LogP contribution in [0.1, 0.15) is 0 Å². The number of benzene rings is 1. The first-order chi connectivity index (χ1) is 7.11. The second-order valence-electron chi connectivity index (χ2n) is 2.95. The number of nitrogens with one attached hydrogen (secondary N) is 1. The molecule has 0 unspecified atom stereocenters. The number of methoxy groups -OCH3 is 1. The van der Waals surface area contributed by atoms with Crippen LogP contribution in [0.2, 0.25) is 0 Å². The van der Waals surface area contributed by atoms with Crippen molar-refractivity contribution in [2.75, 3.05) is 12.8 Å². The molecule has 0 fully saturated rings. The van der Waals surface area contributed by atoms with E-state index < -0.39 is 11.4 Å². The first kappa shape index (κ1) is 9.32. The molecule has 1 heterocycles. The average Bonchev–Trinajstić information content (AvgIpc) is 2.14. The minimum absolute atomic E-state index is 0.173. The maximum atomic E-state index is 11.4. The van der Waals surface area contributed by atoms with E-state index in [0.29, 0.717) is 11.2 Å². The third-order valence-electron chi connectivity index (χ3n) is 1.97. The molecule has 0 aliphatic carbocycles. The predicted octanol–water partition coefficient (Wildman–Crippen LogP) is 0.0721. The summed E-state index contributed by atoms with van der Waals surface area (Å²) in [5, 5.41) is 0.173. The molecule has 2 aromatic rings. The lowest BCUT2D eigenvalue weighted by molar-refractivity contribution is 0.413. The Balaban J connectivity index is 3.03. The number of rotatable bonds is 1. The highest BCUT2D eigenvalue weighted by Crippen LogP contribution is 2.23. The summed E-state index contributed by atoms with van der Waals surface area (Å²) in [7, 11) is 1.40. The summed E-state index contributed by atoms with van der Waals surface area (Å²) in [4.78, 5) is 24.7. The molecule has 0 aliphatic heterocycles.